The molecule has 0 spiro atoms. The number of carbonyl (C=O) groups is 1. The van der Waals surface area contributed by atoms with Gasteiger partial charge in [0.05, 0.1) is 28.2 Å². The lowest BCUT2D eigenvalue weighted by atomic mass is 10.2. The fraction of sp³-hybridized carbons (Fsp3) is 0.176. The highest BCUT2D eigenvalue weighted by molar-refractivity contribution is 7.98. The summed E-state index contributed by atoms with van der Waals surface area (Å²) in [5.74, 6) is 0.630. The number of halogens is 1. The molecule has 0 fully saturated rings. The number of aromatic nitrogens is 2. The van der Waals surface area contributed by atoms with E-state index in [9.17, 15) is 4.79 Å². The van der Waals surface area contributed by atoms with Crippen LogP contribution < -0.4 is 0 Å². The minimum absolute atomic E-state index is 0.119. The van der Waals surface area contributed by atoms with Crippen LogP contribution in [-0.2, 0) is 6.54 Å². The zero-order valence-electron chi connectivity index (χ0n) is 12.8. The molecule has 0 aliphatic heterocycles. The molecule has 0 saturated heterocycles. The van der Waals surface area contributed by atoms with Crippen molar-refractivity contribution in [2.24, 2.45) is 0 Å². The summed E-state index contributed by atoms with van der Waals surface area (Å²) in [4.78, 5) is 23.0. The maximum absolute atomic E-state index is 12.6. The molecule has 2 aromatic carbocycles. The van der Waals surface area contributed by atoms with Gasteiger partial charge in [-0.3, -0.25) is 4.79 Å². The molecule has 1 aromatic heterocycles. The third-order valence-electron chi connectivity index (χ3n) is 3.58. The van der Waals surface area contributed by atoms with Gasteiger partial charge in [-0.1, -0.05) is 23.7 Å². The first-order chi connectivity index (χ1) is 11.1. The molecule has 23 heavy (non-hydrogen) atoms. The Morgan fingerprint density at radius 2 is 2.09 bits per heavy atom. The Morgan fingerprint density at radius 3 is 2.83 bits per heavy atom. The van der Waals surface area contributed by atoms with Crippen LogP contribution in [0.15, 0.2) is 47.4 Å². The van der Waals surface area contributed by atoms with E-state index >= 15 is 0 Å². The van der Waals surface area contributed by atoms with Crippen molar-refractivity contribution in [1.82, 2.24) is 14.9 Å². The molecule has 0 bridgehead atoms. The number of thioether (sulfide) groups is 1. The maximum Gasteiger partial charge on any atom is 0.255 e. The molecule has 0 aliphatic rings. The number of para-hydroxylation sites is 2. The van der Waals surface area contributed by atoms with Gasteiger partial charge in [0.1, 0.15) is 5.82 Å². The van der Waals surface area contributed by atoms with E-state index < -0.39 is 0 Å². The summed E-state index contributed by atoms with van der Waals surface area (Å²) in [6.45, 7) is 0.396. The second-order valence-electron chi connectivity index (χ2n) is 5.21. The van der Waals surface area contributed by atoms with Crippen molar-refractivity contribution in [3.8, 4) is 0 Å². The molecule has 118 valence electrons. The van der Waals surface area contributed by atoms with Crippen molar-refractivity contribution in [1.29, 1.82) is 0 Å². The van der Waals surface area contributed by atoms with E-state index in [4.69, 9.17) is 11.6 Å². The molecule has 0 atom stereocenters. The number of nitrogens with one attached hydrogen (secondary N) is 1. The van der Waals surface area contributed by atoms with E-state index in [1.807, 2.05) is 42.7 Å². The smallest absolute Gasteiger partial charge is 0.255 e. The van der Waals surface area contributed by atoms with Gasteiger partial charge in [-0.05, 0) is 36.6 Å². The Kier molecular flexibility index (Phi) is 4.59. The molecule has 1 heterocycles. The largest absolute Gasteiger partial charge is 0.340 e. The molecule has 3 rings (SSSR count). The topological polar surface area (TPSA) is 49.0 Å². The first kappa shape index (κ1) is 15.9. The number of amides is 1. The number of aromatic amines is 1. The van der Waals surface area contributed by atoms with E-state index in [-0.39, 0.29) is 5.91 Å². The predicted octanol–water partition coefficient (Wildman–Crippen LogP) is 4.21. The molecule has 1 N–H and O–H groups in total. The third-order valence-corrected chi connectivity index (χ3v) is 4.63. The van der Waals surface area contributed by atoms with Crippen molar-refractivity contribution in [2.45, 2.75) is 11.4 Å². The van der Waals surface area contributed by atoms with Crippen LogP contribution in [0.3, 0.4) is 0 Å². The summed E-state index contributed by atoms with van der Waals surface area (Å²) in [6.07, 6.45) is 1.97. The summed E-state index contributed by atoms with van der Waals surface area (Å²) in [5, 5.41) is 0.462. The number of imidazole rings is 1. The Bertz CT molecular complexity index is 829. The average Bonchev–Trinajstić information content (AvgIpc) is 2.96. The van der Waals surface area contributed by atoms with Crippen molar-refractivity contribution < 1.29 is 4.79 Å². The van der Waals surface area contributed by atoms with E-state index in [1.165, 1.54) is 0 Å². The quantitative estimate of drug-likeness (QED) is 0.720. The lowest BCUT2D eigenvalue weighted by Gasteiger charge is -2.17. The number of benzene rings is 2. The molecule has 1 amide bonds. The van der Waals surface area contributed by atoms with Crippen LogP contribution in [0.5, 0.6) is 0 Å². The number of hydrogen-bond donors (Lipinski definition) is 1. The summed E-state index contributed by atoms with van der Waals surface area (Å²) in [7, 11) is 1.75. The number of nitrogens with zero attached hydrogens (tertiary/aromatic N) is 2. The minimum atomic E-state index is -0.119. The van der Waals surface area contributed by atoms with Crippen LogP contribution in [0.4, 0.5) is 0 Å². The summed E-state index contributed by atoms with van der Waals surface area (Å²) < 4.78 is 0. The first-order valence-electron chi connectivity index (χ1n) is 7.11. The van der Waals surface area contributed by atoms with Gasteiger partial charge in [0.25, 0.3) is 5.91 Å². The predicted molar refractivity (Wildman–Crippen MR) is 95.1 cm³/mol. The molecule has 0 saturated carbocycles. The monoisotopic (exact) mass is 345 g/mol. The summed E-state index contributed by atoms with van der Waals surface area (Å²) in [6, 6.07) is 13.3. The number of carbonyl (C=O) groups excluding carboxylic acids is 1. The molecule has 0 radical (unpaired) electrons. The Hall–Kier alpha value is -1.98. The number of H-pyrrole nitrogens is 1. The number of hydrogen-bond acceptors (Lipinski definition) is 3. The van der Waals surface area contributed by atoms with Gasteiger partial charge in [-0.2, -0.15) is 0 Å². The van der Waals surface area contributed by atoms with Gasteiger partial charge in [0, 0.05) is 11.9 Å². The van der Waals surface area contributed by atoms with Gasteiger partial charge >= 0.3 is 0 Å². The summed E-state index contributed by atoms with van der Waals surface area (Å²) >= 11 is 7.76. The van der Waals surface area contributed by atoms with Crippen LogP contribution >= 0.6 is 23.4 Å². The average molecular weight is 346 g/mol. The van der Waals surface area contributed by atoms with E-state index in [0.717, 1.165) is 21.8 Å². The van der Waals surface area contributed by atoms with Gasteiger partial charge in [0.2, 0.25) is 0 Å². The van der Waals surface area contributed by atoms with Crippen LogP contribution in [0.2, 0.25) is 5.02 Å². The van der Waals surface area contributed by atoms with Crippen molar-refractivity contribution in [3.63, 3.8) is 0 Å². The Labute approximate surface area is 143 Å². The molecule has 3 aromatic rings. The molecule has 0 aliphatic carbocycles. The van der Waals surface area contributed by atoms with E-state index in [1.54, 1.807) is 29.8 Å². The van der Waals surface area contributed by atoms with Crippen molar-refractivity contribution in [2.75, 3.05) is 13.3 Å². The van der Waals surface area contributed by atoms with Crippen LogP contribution in [0.25, 0.3) is 11.0 Å². The lowest BCUT2D eigenvalue weighted by molar-refractivity contribution is 0.0782. The first-order valence-corrected chi connectivity index (χ1v) is 8.71. The molecule has 4 nitrogen and oxygen atoms in total. The third kappa shape index (κ3) is 3.35. The van der Waals surface area contributed by atoms with Crippen LogP contribution in [0.1, 0.15) is 16.2 Å². The van der Waals surface area contributed by atoms with Crippen LogP contribution in [0, 0.1) is 0 Å². The molecule has 6 heteroatoms. The summed E-state index contributed by atoms with van der Waals surface area (Å²) in [5.41, 5.74) is 2.37. The lowest BCUT2D eigenvalue weighted by Crippen LogP contribution is -2.27. The second-order valence-corrected chi connectivity index (χ2v) is 6.49. The Morgan fingerprint density at radius 1 is 1.30 bits per heavy atom. The minimum Gasteiger partial charge on any atom is -0.340 e. The van der Waals surface area contributed by atoms with Crippen molar-refractivity contribution >= 4 is 40.3 Å². The molecule has 0 unspecified atom stereocenters. The normalized spacial score (nSPS) is 10.9. The zero-order chi connectivity index (χ0) is 16.4. The van der Waals surface area contributed by atoms with Crippen LogP contribution in [-0.4, -0.2) is 34.1 Å². The van der Waals surface area contributed by atoms with Crippen molar-refractivity contribution in [3.05, 3.63) is 58.9 Å². The van der Waals surface area contributed by atoms with Gasteiger partial charge in [0.15, 0.2) is 0 Å². The van der Waals surface area contributed by atoms with E-state index in [0.29, 0.717) is 17.1 Å². The molecular formula is C17H16ClN3OS. The van der Waals surface area contributed by atoms with Gasteiger partial charge in [-0.25, -0.2) is 4.98 Å². The van der Waals surface area contributed by atoms with Gasteiger partial charge < -0.3 is 9.88 Å². The second kappa shape index (κ2) is 6.64. The highest BCUT2D eigenvalue weighted by Crippen LogP contribution is 2.24. The zero-order valence-corrected chi connectivity index (χ0v) is 14.4. The standard InChI is InChI=1S/C17H16ClN3OS/c1-21(10-16-19-14-5-3-4-6-15(14)20-16)17(22)12-9-11(23-2)7-8-13(12)18/h3-9H,10H2,1-2H3,(H,19,20). The molecular weight excluding hydrogens is 330 g/mol. The number of rotatable bonds is 4. The fourth-order valence-electron chi connectivity index (χ4n) is 2.38. The van der Waals surface area contributed by atoms with Gasteiger partial charge in [-0.15, -0.1) is 11.8 Å². The highest BCUT2D eigenvalue weighted by Gasteiger charge is 2.17. The number of fused-ring (bicyclic) bond motifs is 1. The SMILES string of the molecule is CSc1ccc(Cl)c(C(=O)N(C)Cc2nc3ccccc3[nH]2)c1. The van der Waals surface area contributed by atoms with E-state index in [2.05, 4.69) is 9.97 Å². The highest BCUT2D eigenvalue weighted by atomic mass is 35.5. The fourth-order valence-corrected chi connectivity index (χ4v) is 3.02. The Balaban J connectivity index is 1.82. The maximum atomic E-state index is 12.6.